The van der Waals surface area contributed by atoms with Crippen LogP contribution in [0.5, 0.6) is 17.2 Å². The van der Waals surface area contributed by atoms with Gasteiger partial charge in [-0.1, -0.05) is 12.1 Å². The number of likely N-dealkylation sites (N-methyl/N-ethyl adjacent to an activating group) is 1. The zero-order valence-electron chi connectivity index (χ0n) is 19.4. The van der Waals surface area contributed by atoms with Gasteiger partial charge in [-0.2, -0.15) is 0 Å². The smallest absolute Gasteiger partial charge is 0.227 e. The van der Waals surface area contributed by atoms with Crippen molar-refractivity contribution >= 4 is 21.6 Å². The number of carbonyl (C=O) groups is 1. The topological polar surface area (TPSA) is 96.4 Å². The van der Waals surface area contributed by atoms with Gasteiger partial charge >= 0.3 is 0 Å². The highest BCUT2D eigenvalue weighted by Crippen LogP contribution is 2.40. The molecule has 1 saturated carbocycles. The Morgan fingerprint density at radius 1 is 1.12 bits per heavy atom. The van der Waals surface area contributed by atoms with Gasteiger partial charge in [-0.3, -0.25) is 4.79 Å². The average Bonchev–Trinajstić information content (AvgIpc) is 3.54. The molecule has 33 heavy (non-hydrogen) atoms. The number of hydrogen-bond donors (Lipinski definition) is 1. The van der Waals surface area contributed by atoms with E-state index in [0.717, 1.165) is 24.3 Å². The van der Waals surface area contributed by atoms with Crippen LogP contribution in [-0.2, 0) is 14.8 Å². The summed E-state index contributed by atoms with van der Waals surface area (Å²) in [5, 5.41) is 8.96. The number of sulfonamides is 1. The predicted octanol–water partition coefficient (Wildman–Crippen LogP) is 3.36. The molecule has 0 bridgehead atoms. The SMILES string of the molecule is COc1cc(N2CCCC2=O)ccc1OCCN(C)S(C)(=O)=O.Oc1ccc(C2CC2)cc1. The van der Waals surface area contributed by atoms with Crippen LogP contribution in [0.2, 0.25) is 0 Å². The van der Waals surface area contributed by atoms with E-state index < -0.39 is 10.0 Å². The van der Waals surface area contributed by atoms with Crippen molar-refractivity contribution in [3.8, 4) is 17.2 Å². The molecule has 2 aromatic carbocycles. The molecule has 1 heterocycles. The van der Waals surface area contributed by atoms with E-state index in [0.29, 0.717) is 30.2 Å². The maximum Gasteiger partial charge on any atom is 0.227 e. The van der Waals surface area contributed by atoms with Crippen molar-refractivity contribution in [3.63, 3.8) is 0 Å². The summed E-state index contributed by atoms with van der Waals surface area (Å²) in [4.78, 5) is 13.5. The van der Waals surface area contributed by atoms with Gasteiger partial charge in [-0.15, -0.1) is 0 Å². The molecular formula is C24H32N2O6S. The van der Waals surface area contributed by atoms with E-state index in [4.69, 9.17) is 14.6 Å². The molecule has 2 aromatic rings. The third-order valence-corrected chi connectivity index (χ3v) is 7.02. The van der Waals surface area contributed by atoms with E-state index in [-0.39, 0.29) is 19.1 Å². The van der Waals surface area contributed by atoms with Crippen LogP contribution >= 0.6 is 0 Å². The molecule has 2 fully saturated rings. The summed E-state index contributed by atoms with van der Waals surface area (Å²) in [6.07, 6.45) is 5.22. The molecule has 0 unspecified atom stereocenters. The molecule has 1 N–H and O–H groups in total. The fraction of sp³-hybridized carbons (Fsp3) is 0.458. The lowest BCUT2D eigenvalue weighted by atomic mass is 10.1. The molecule has 1 saturated heterocycles. The van der Waals surface area contributed by atoms with E-state index in [1.54, 1.807) is 35.2 Å². The lowest BCUT2D eigenvalue weighted by Gasteiger charge is -2.19. The second kappa shape index (κ2) is 10.9. The van der Waals surface area contributed by atoms with Crippen molar-refractivity contribution in [2.75, 3.05) is 45.0 Å². The fourth-order valence-electron chi connectivity index (χ4n) is 3.48. The van der Waals surface area contributed by atoms with Gasteiger partial charge in [-0.25, -0.2) is 12.7 Å². The summed E-state index contributed by atoms with van der Waals surface area (Å²) in [5.74, 6) is 2.30. The van der Waals surface area contributed by atoms with Crippen molar-refractivity contribution in [3.05, 3.63) is 48.0 Å². The molecule has 0 atom stereocenters. The third-order valence-electron chi connectivity index (χ3n) is 5.70. The lowest BCUT2D eigenvalue weighted by Crippen LogP contribution is -2.29. The first kappa shape index (κ1) is 24.9. The predicted molar refractivity (Wildman–Crippen MR) is 128 cm³/mol. The van der Waals surface area contributed by atoms with Crippen molar-refractivity contribution in [2.45, 2.75) is 31.6 Å². The molecule has 9 heteroatoms. The number of rotatable bonds is 8. The summed E-state index contributed by atoms with van der Waals surface area (Å²) in [7, 11) is -0.193. The number of anilines is 1. The van der Waals surface area contributed by atoms with Crippen molar-refractivity contribution in [2.24, 2.45) is 0 Å². The Kier molecular flexibility index (Phi) is 8.20. The minimum Gasteiger partial charge on any atom is -0.508 e. The maximum atomic E-state index is 11.8. The molecule has 4 rings (SSSR count). The minimum absolute atomic E-state index is 0.107. The maximum absolute atomic E-state index is 11.8. The number of methoxy groups -OCH3 is 1. The molecule has 0 aromatic heterocycles. The molecule has 1 aliphatic carbocycles. The van der Waals surface area contributed by atoms with Crippen molar-refractivity contribution < 1.29 is 27.8 Å². The van der Waals surface area contributed by atoms with Crippen LogP contribution < -0.4 is 14.4 Å². The van der Waals surface area contributed by atoms with E-state index in [1.165, 1.54) is 36.9 Å². The van der Waals surface area contributed by atoms with Crippen LogP contribution in [0.25, 0.3) is 0 Å². The Morgan fingerprint density at radius 2 is 1.82 bits per heavy atom. The average molecular weight is 477 g/mol. The second-order valence-corrected chi connectivity index (χ2v) is 10.4. The summed E-state index contributed by atoms with van der Waals surface area (Å²) >= 11 is 0. The van der Waals surface area contributed by atoms with Crippen LogP contribution in [0.3, 0.4) is 0 Å². The van der Waals surface area contributed by atoms with Crippen molar-refractivity contribution in [1.82, 2.24) is 4.31 Å². The van der Waals surface area contributed by atoms with Gasteiger partial charge in [0.05, 0.1) is 13.4 Å². The van der Waals surface area contributed by atoms with Crippen LogP contribution in [-0.4, -0.2) is 63.8 Å². The van der Waals surface area contributed by atoms with Gasteiger partial charge in [0, 0.05) is 38.3 Å². The number of amides is 1. The van der Waals surface area contributed by atoms with Crippen LogP contribution in [0.4, 0.5) is 5.69 Å². The van der Waals surface area contributed by atoms with Crippen LogP contribution in [0.15, 0.2) is 42.5 Å². The zero-order chi connectivity index (χ0) is 24.0. The molecule has 8 nitrogen and oxygen atoms in total. The normalized spacial score (nSPS) is 15.9. The first-order valence-electron chi connectivity index (χ1n) is 11.0. The number of nitrogens with zero attached hydrogens (tertiary/aromatic N) is 2. The van der Waals surface area contributed by atoms with E-state index in [2.05, 4.69) is 0 Å². The molecule has 0 spiro atoms. The molecule has 1 amide bonds. The van der Waals surface area contributed by atoms with Gasteiger partial charge in [0.15, 0.2) is 11.5 Å². The third kappa shape index (κ3) is 7.10. The first-order valence-corrected chi connectivity index (χ1v) is 12.9. The minimum atomic E-state index is -3.22. The first-order chi connectivity index (χ1) is 15.7. The number of hydrogen-bond acceptors (Lipinski definition) is 6. The standard InChI is InChI=1S/C15H22N2O5S.C9H10O/c1-16(23(3,19)20)9-10-22-13-7-6-12(11-14(13)21-2)17-8-4-5-15(17)18;10-9-5-3-8(4-6-9)7-1-2-7/h6-7,11H,4-5,8-10H2,1-3H3;3-7,10H,1-2H2. The Hall–Kier alpha value is -2.78. The monoisotopic (exact) mass is 476 g/mol. The molecular weight excluding hydrogens is 444 g/mol. The second-order valence-electron chi connectivity index (χ2n) is 8.28. The van der Waals surface area contributed by atoms with E-state index in [1.807, 2.05) is 12.1 Å². The molecule has 2 aliphatic rings. The quantitative estimate of drug-likeness (QED) is 0.628. The molecule has 180 valence electrons. The number of aromatic hydroxyl groups is 1. The Bertz CT molecular complexity index is 1050. The van der Waals surface area contributed by atoms with Gasteiger partial charge in [0.1, 0.15) is 12.4 Å². The number of benzene rings is 2. The van der Waals surface area contributed by atoms with Gasteiger partial charge in [0.2, 0.25) is 15.9 Å². The number of phenols is 1. The fourth-order valence-corrected chi connectivity index (χ4v) is 3.88. The van der Waals surface area contributed by atoms with Gasteiger partial charge < -0.3 is 19.5 Å². The van der Waals surface area contributed by atoms with Gasteiger partial charge in [-0.05, 0) is 55.0 Å². The lowest BCUT2D eigenvalue weighted by molar-refractivity contribution is -0.117. The summed E-state index contributed by atoms with van der Waals surface area (Å²) in [6.45, 7) is 1.16. The Balaban J connectivity index is 0.000000252. The van der Waals surface area contributed by atoms with Crippen LogP contribution in [0, 0.1) is 0 Å². The highest BCUT2D eigenvalue weighted by Gasteiger charge is 2.23. The number of ether oxygens (including phenoxy) is 2. The number of carbonyl (C=O) groups excluding carboxylic acids is 1. The van der Waals surface area contributed by atoms with Crippen molar-refractivity contribution in [1.29, 1.82) is 0 Å². The van der Waals surface area contributed by atoms with E-state index >= 15 is 0 Å². The van der Waals surface area contributed by atoms with Crippen LogP contribution in [0.1, 0.15) is 37.2 Å². The summed E-state index contributed by atoms with van der Waals surface area (Å²) < 4.78 is 34.8. The highest BCUT2D eigenvalue weighted by atomic mass is 32.2. The highest BCUT2D eigenvalue weighted by molar-refractivity contribution is 7.88. The van der Waals surface area contributed by atoms with Gasteiger partial charge in [0.25, 0.3) is 0 Å². The number of phenolic OH excluding ortho intramolecular Hbond substituents is 1. The Morgan fingerprint density at radius 3 is 2.36 bits per heavy atom. The Labute approximate surface area is 195 Å². The molecule has 0 radical (unpaired) electrons. The largest absolute Gasteiger partial charge is 0.508 e. The molecule has 1 aliphatic heterocycles. The van der Waals surface area contributed by atoms with E-state index in [9.17, 15) is 13.2 Å². The summed E-state index contributed by atoms with van der Waals surface area (Å²) in [6, 6.07) is 12.8. The zero-order valence-corrected chi connectivity index (χ0v) is 20.2. The summed E-state index contributed by atoms with van der Waals surface area (Å²) in [5.41, 5.74) is 2.16.